The molecule has 14 heavy (non-hydrogen) atoms. The van der Waals surface area contributed by atoms with E-state index in [9.17, 15) is 8.42 Å². The van der Waals surface area contributed by atoms with Crippen LogP contribution in [-0.2, 0) is 10.0 Å². The average Bonchev–Trinajstić information content (AvgIpc) is 2.50. The van der Waals surface area contributed by atoms with Gasteiger partial charge in [-0.15, -0.1) is 0 Å². The molecule has 2 N–H and O–H groups in total. The summed E-state index contributed by atoms with van der Waals surface area (Å²) in [6.07, 6.45) is 0. The highest BCUT2D eigenvalue weighted by atomic mass is 32.2. The molecule has 0 spiro atoms. The van der Waals surface area contributed by atoms with Crippen LogP contribution in [-0.4, -0.2) is 32.3 Å². The molecule has 0 aromatic heterocycles. The van der Waals surface area contributed by atoms with E-state index in [1.54, 1.807) is 20.8 Å². The third-order valence-electron chi connectivity index (χ3n) is 3.19. The summed E-state index contributed by atoms with van der Waals surface area (Å²) in [5, 5.41) is 3.24. The molecule has 82 valence electrons. The van der Waals surface area contributed by atoms with Crippen molar-refractivity contribution in [2.75, 3.05) is 13.1 Å². The first-order chi connectivity index (χ1) is 6.33. The van der Waals surface area contributed by atoms with Crippen LogP contribution in [0, 0.1) is 11.8 Å². The number of sulfonamides is 1. The van der Waals surface area contributed by atoms with E-state index in [1.807, 2.05) is 0 Å². The van der Waals surface area contributed by atoms with E-state index in [0.29, 0.717) is 11.8 Å². The fourth-order valence-electron chi connectivity index (χ4n) is 1.95. The van der Waals surface area contributed by atoms with Crippen molar-refractivity contribution < 1.29 is 8.42 Å². The Hall–Kier alpha value is -0.130. The Labute approximate surface area is 85.5 Å². The molecule has 1 aliphatic carbocycles. The monoisotopic (exact) mass is 218 g/mol. The number of nitrogens with one attached hydrogen (secondary N) is 2. The Balaban J connectivity index is 2.00. The van der Waals surface area contributed by atoms with E-state index in [4.69, 9.17) is 0 Å². The van der Waals surface area contributed by atoms with Crippen molar-refractivity contribution in [1.82, 2.24) is 10.0 Å². The van der Waals surface area contributed by atoms with E-state index < -0.39 is 14.8 Å². The minimum absolute atomic E-state index is 0.195. The first-order valence-corrected chi connectivity index (χ1v) is 6.54. The molecule has 0 aromatic carbocycles. The van der Waals surface area contributed by atoms with Crippen molar-refractivity contribution in [2.24, 2.45) is 11.8 Å². The van der Waals surface area contributed by atoms with Gasteiger partial charge in [-0.1, -0.05) is 0 Å². The van der Waals surface area contributed by atoms with Crippen molar-refractivity contribution in [2.45, 2.75) is 31.6 Å². The number of rotatable bonds is 2. The first-order valence-electron chi connectivity index (χ1n) is 5.05. The molecular weight excluding hydrogens is 200 g/mol. The lowest BCUT2D eigenvalue weighted by molar-refractivity contribution is 0.532. The van der Waals surface area contributed by atoms with Crippen LogP contribution in [0.5, 0.6) is 0 Å². The molecule has 2 unspecified atom stereocenters. The predicted octanol–water partition coefficient (Wildman–Crippen LogP) is -0.0779. The Bertz CT molecular complexity index is 321. The lowest BCUT2D eigenvalue weighted by Gasteiger charge is -2.20. The molecule has 0 radical (unpaired) electrons. The summed E-state index contributed by atoms with van der Waals surface area (Å²) < 4.78 is 25.7. The van der Waals surface area contributed by atoms with Crippen LogP contribution in [0.1, 0.15) is 20.8 Å². The summed E-state index contributed by atoms with van der Waals surface area (Å²) in [7, 11) is -3.15. The number of fused-ring (bicyclic) bond motifs is 1. The fourth-order valence-corrected chi connectivity index (χ4v) is 3.01. The number of hydrogen-bond acceptors (Lipinski definition) is 3. The van der Waals surface area contributed by atoms with Gasteiger partial charge in [0.25, 0.3) is 0 Å². The van der Waals surface area contributed by atoms with E-state index >= 15 is 0 Å². The van der Waals surface area contributed by atoms with Gasteiger partial charge in [-0.3, -0.25) is 0 Å². The van der Waals surface area contributed by atoms with Gasteiger partial charge < -0.3 is 5.32 Å². The zero-order valence-electron chi connectivity index (χ0n) is 8.87. The van der Waals surface area contributed by atoms with Crippen LogP contribution < -0.4 is 10.0 Å². The summed E-state index contributed by atoms with van der Waals surface area (Å²) >= 11 is 0. The van der Waals surface area contributed by atoms with Crippen LogP contribution >= 0.6 is 0 Å². The summed E-state index contributed by atoms with van der Waals surface area (Å²) in [5.74, 6) is 1.07. The summed E-state index contributed by atoms with van der Waals surface area (Å²) in [4.78, 5) is 0. The molecular formula is C9H18N2O2S. The van der Waals surface area contributed by atoms with Crippen molar-refractivity contribution in [3.63, 3.8) is 0 Å². The quantitative estimate of drug-likeness (QED) is 0.682. The Morgan fingerprint density at radius 2 is 1.71 bits per heavy atom. The molecule has 4 nitrogen and oxygen atoms in total. The average molecular weight is 218 g/mol. The molecule has 0 amide bonds. The third-order valence-corrected chi connectivity index (χ3v) is 5.38. The Morgan fingerprint density at radius 1 is 1.21 bits per heavy atom. The topological polar surface area (TPSA) is 58.2 Å². The molecule has 5 heteroatoms. The molecule has 1 saturated heterocycles. The maximum absolute atomic E-state index is 11.8. The van der Waals surface area contributed by atoms with Crippen LogP contribution in [0.2, 0.25) is 0 Å². The van der Waals surface area contributed by atoms with Crippen LogP contribution in [0.4, 0.5) is 0 Å². The zero-order chi connectivity index (χ0) is 10.6. The molecule has 1 heterocycles. The van der Waals surface area contributed by atoms with Gasteiger partial charge in [-0.05, 0) is 45.7 Å². The van der Waals surface area contributed by atoms with Gasteiger partial charge in [0.15, 0.2) is 0 Å². The van der Waals surface area contributed by atoms with E-state index in [0.717, 1.165) is 13.1 Å². The SMILES string of the molecule is CC(C)(C)S(=O)(=O)NC1C2CNCC21. The molecule has 2 fully saturated rings. The standard InChI is InChI=1S/C9H18N2O2S/c1-9(2,3)14(12,13)11-8-6-4-10-5-7(6)8/h6-8,10-11H,4-5H2,1-3H3. The third kappa shape index (κ3) is 1.57. The number of hydrogen-bond donors (Lipinski definition) is 2. The lowest BCUT2D eigenvalue weighted by Crippen LogP contribution is -2.42. The normalized spacial score (nSPS) is 36.9. The van der Waals surface area contributed by atoms with Gasteiger partial charge in [-0.25, -0.2) is 13.1 Å². The molecule has 0 aromatic rings. The molecule has 2 aliphatic rings. The van der Waals surface area contributed by atoms with Gasteiger partial charge >= 0.3 is 0 Å². The van der Waals surface area contributed by atoms with E-state index in [2.05, 4.69) is 10.0 Å². The Morgan fingerprint density at radius 3 is 2.14 bits per heavy atom. The van der Waals surface area contributed by atoms with Gasteiger partial charge in [0.1, 0.15) is 0 Å². The summed E-state index contributed by atoms with van der Waals surface area (Å²) in [6.45, 7) is 7.10. The largest absolute Gasteiger partial charge is 0.316 e. The van der Waals surface area contributed by atoms with Gasteiger partial charge in [-0.2, -0.15) is 0 Å². The fraction of sp³-hybridized carbons (Fsp3) is 1.00. The van der Waals surface area contributed by atoms with Crippen molar-refractivity contribution in [1.29, 1.82) is 0 Å². The zero-order valence-corrected chi connectivity index (χ0v) is 9.69. The minimum Gasteiger partial charge on any atom is -0.316 e. The van der Waals surface area contributed by atoms with E-state index in [-0.39, 0.29) is 6.04 Å². The second-order valence-electron chi connectivity index (χ2n) is 5.25. The summed E-state index contributed by atoms with van der Waals surface area (Å²) in [5.41, 5.74) is 0. The van der Waals surface area contributed by atoms with Gasteiger partial charge in [0.2, 0.25) is 10.0 Å². The first kappa shape index (κ1) is 10.4. The summed E-state index contributed by atoms with van der Waals surface area (Å²) in [6, 6.07) is 0.195. The van der Waals surface area contributed by atoms with Crippen molar-refractivity contribution >= 4 is 10.0 Å². The molecule has 2 rings (SSSR count). The van der Waals surface area contributed by atoms with Crippen LogP contribution in [0.15, 0.2) is 0 Å². The molecule has 1 aliphatic heterocycles. The van der Waals surface area contributed by atoms with Crippen LogP contribution in [0.25, 0.3) is 0 Å². The maximum Gasteiger partial charge on any atom is 0.216 e. The van der Waals surface area contributed by atoms with Gasteiger partial charge in [0.05, 0.1) is 4.75 Å². The van der Waals surface area contributed by atoms with Crippen LogP contribution in [0.3, 0.4) is 0 Å². The van der Waals surface area contributed by atoms with Crippen molar-refractivity contribution in [3.8, 4) is 0 Å². The van der Waals surface area contributed by atoms with Crippen molar-refractivity contribution in [3.05, 3.63) is 0 Å². The molecule has 1 saturated carbocycles. The minimum atomic E-state index is -3.15. The lowest BCUT2D eigenvalue weighted by atomic mass is 10.3. The highest BCUT2D eigenvalue weighted by Crippen LogP contribution is 2.42. The second kappa shape index (κ2) is 2.93. The van der Waals surface area contributed by atoms with E-state index in [1.165, 1.54) is 0 Å². The highest BCUT2D eigenvalue weighted by Gasteiger charge is 2.55. The smallest absolute Gasteiger partial charge is 0.216 e. The maximum atomic E-state index is 11.8. The second-order valence-corrected chi connectivity index (χ2v) is 7.71. The van der Waals surface area contributed by atoms with Gasteiger partial charge in [0, 0.05) is 6.04 Å². The predicted molar refractivity (Wildman–Crippen MR) is 55.4 cm³/mol. The molecule has 2 atom stereocenters. The highest BCUT2D eigenvalue weighted by molar-refractivity contribution is 7.90. The number of piperidine rings is 1. The molecule has 0 bridgehead atoms. The Kier molecular flexibility index (Phi) is 2.18.